The first-order valence-electron chi connectivity index (χ1n) is 4.68. The fraction of sp³-hybridized carbons (Fsp3) is 0.800. The highest BCUT2D eigenvalue weighted by Crippen LogP contribution is 1.98. The monoisotopic (exact) mass is 171 g/mol. The van der Waals surface area contributed by atoms with Crippen LogP contribution < -0.4 is 5.32 Å². The van der Waals surface area contributed by atoms with Crippen molar-refractivity contribution in [2.45, 2.75) is 33.2 Å². The number of rotatable bonds is 7. The number of ether oxygens (including phenoxy) is 1. The third kappa shape index (κ3) is 5.33. The third-order valence-electron chi connectivity index (χ3n) is 1.72. The molecule has 0 radical (unpaired) electrons. The zero-order valence-corrected chi connectivity index (χ0v) is 8.52. The Morgan fingerprint density at radius 3 is 2.58 bits per heavy atom. The SMILES string of the molecule is C=C(C)C(COCC)NCCC. The van der Waals surface area contributed by atoms with E-state index in [1.807, 2.05) is 13.8 Å². The lowest BCUT2D eigenvalue weighted by molar-refractivity contribution is 0.131. The Labute approximate surface area is 76.0 Å². The molecule has 2 heteroatoms. The van der Waals surface area contributed by atoms with E-state index in [1.165, 1.54) is 0 Å². The van der Waals surface area contributed by atoms with Gasteiger partial charge >= 0.3 is 0 Å². The maximum Gasteiger partial charge on any atom is 0.0657 e. The molecule has 0 amide bonds. The molecule has 0 rings (SSSR count). The minimum Gasteiger partial charge on any atom is -0.380 e. The van der Waals surface area contributed by atoms with Crippen LogP contribution in [-0.2, 0) is 4.74 Å². The van der Waals surface area contributed by atoms with Crippen molar-refractivity contribution in [3.8, 4) is 0 Å². The third-order valence-corrected chi connectivity index (χ3v) is 1.72. The highest BCUT2D eigenvalue weighted by atomic mass is 16.5. The van der Waals surface area contributed by atoms with Crippen molar-refractivity contribution in [1.82, 2.24) is 5.32 Å². The summed E-state index contributed by atoms with van der Waals surface area (Å²) in [5.74, 6) is 0. The smallest absolute Gasteiger partial charge is 0.0657 e. The fourth-order valence-corrected chi connectivity index (χ4v) is 0.930. The molecule has 0 heterocycles. The van der Waals surface area contributed by atoms with Crippen molar-refractivity contribution in [3.05, 3.63) is 12.2 Å². The zero-order chi connectivity index (χ0) is 9.40. The molecule has 0 aliphatic carbocycles. The maximum absolute atomic E-state index is 5.33. The molecule has 0 bridgehead atoms. The molecule has 12 heavy (non-hydrogen) atoms. The first-order chi connectivity index (χ1) is 5.72. The van der Waals surface area contributed by atoms with E-state index in [4.69, 9.17) is 4.74 Å². The summed E-state index contributed by atoms with van der Waals surface area (Å²) in [5, 5.41) is 3.38. The fourth-order valence-electron chi connectivity index (χ4n) is 0.930. The molecule has 0 aromatic heterocycles. The van der Waals surface area contributed by atoms with Gasteiger partial charge in [-0.05, 0) is 26.8 Å². The number of nitrogens with one attached hydrogen (secondary N) is 1. The van der Waals surface area contributed by atoms with Gasteiger partial charge in [0.25, 0.3) is 0 Å². The van der Waals surface area contributed by atoms with Crippen molar-refractivity contribution in [1.29, 1.82) is 0 Å². The molecule has 2 nitrogen and oxygen atoms in total. The summed E-state index contributed by atoms with van der Waals surface area (Å²) in [6.07, 6.45) is 1.15. The molecular weight excluding hydrogens is 150 g/mol. The van der Waals surface area contributed by atoms with Gasteiger partial charge in [0.15, 0.2) is 0 Å². The van der Waals surface area contributed by atoms with Gasteiger partial charge in [0, 0.05) is 6.61 Å². The Hall–Kier alpha value is -0.340. The van der Waals surface area contributed by atoms with Crippen LogP contribution in [-0.4, -0.2) is 25.8 Å². The van der Waals surface area contributed by atoms with Crippen LogP contribution in [0, 0.1) is 0 Å². The Bertz CT molecular complexity index is 115. The molecule has 0 aromatic carbocycles. The molecule has 0 aliphatic rings. The van der Waals surface area contributed by atoms with Crippen LogP contribution in [0.5, 0.6) is 0 Å². The number of hydrogen-bond acceptors (Lipinski definition) is 2. The lowest BCUT2D eigenvalue weighted by Crippen LogP contribution is -2.34. The Morgan fingerprint density at radius 1 is 1.50 bits per heavy atom. The van der Waals surface area contributed by atoms with Gasteiger partial charge in [0.05, 0.1) is 12.6 Å². The molecule has 1 unspecified atom stereocenters. The second-order valence-corrected chi connectivity index (χ2v) is 3.01. The minimum absolute atomic E-state index is 0.324. The van der Waals surface area contributed by atoms with Crippen LogP contribution >= 0.6 is 0 Å². The summed E-state index contributed by atoms with van der Waals surface area (Å²) in [6.45, 7) is 12.7. The van der Waals surface area contributed by atoms with E-state index in [1.54, 1.807) is 0 Å². The maximum atomic E-state index is 5.33. The van der Waals surface area contributed by atoms with Crippen LogP contribution in [0.15, 0.2) is 12.2 Å². The van der Waals surface area contributed by atoms with Gasteiger partial charge < -0.3 is 10.1 Å². The summed E-state index contributed by atoms with van der Waals surface area (Å²) < 4.78 is 5.33. The highest BCUT2D eigenvalue weighted by Gasteiger charge is 2.06. The van der Waals surface area contributed by atoms with Crippen LogP contribution in [0.3, 0.4) is 0 Å². The zero-order valence-electron chi connectivity index (χ0n) is 8.52. The van der Waals surface area contributed by atoms with Crippen molar-refractivity contribution >= 4 is 0 Å². The van der Waals surface area contributed by atoms with Crippen molar-refractivity contribution in [3.63, 3.8) is 0 Å². The molecule has 0 saturated carbocycles. The van der Waals surface area contributed by atoms with E-state index in [-0.39, 0.29) is 0 Å². The Morgan fingerprint density at radius 2 is 2.17 bits per heavy atom. The van der Waals surface area contributed by atoms with E-state index < -0.39 is 0 Å². The lowest BCUT2D eigenvalue weighted by Gasteiger charge is -2.17. The molecule has 0 saturated heterocycles. The van der Waals surface area contributed by atoms with Gasteiger partial charge in [0.1, 0.15) is 0 Å². The molecule has 1 N–H and O–H groups in total. The normalized spacial score (nSPS) is 12.9. The first kappa shape index (κ1) is 11.7. The molecule has 0 spiro atoms. The lowest BCUT2D eigenvalue weighted by atomic mass is 10.1. The molecule has 1 atom stereocenters. The minimum atomic E-state index is 0.324. The van der Waals surface area contributed by atoms with Gasteiger partial charge in [-0.3, -0.25) is 0 Å². The van der Waals surface area contributed by atoms with E-state index >= 15 is 0 Å². The summed E-state index contributed by atoms with van der Waals surface area (Å²) in [4.78, 5) is 0. The summed E-state index contributed by atoms with van der Waals surface area (Å²) >= 11 is 0. The average molecular weight is 171 g/mol. The van der Waals surface area contributed by atoms with Crippen molar-refractivity contribution in [2.75, 3.05) is 19.8 Å². The van der Waals surface area contributed by atoms with Gasteiger partial charge in [0.2, 0.25) is 0 Å². The van der Waals surface area contributed by atoms with Crippen molar-refractivity contribution < 1.29 is 4.74 Å². The summed E-state index contributed by atoms with van der Waals surface area (Å²) in [5.41, 5.74) is 1.15. The van der Waals surface area contributed by atoms with Gasteiger partial charge in [-0.2, -0.15) is 0 Å². The van der Waals surface area contributed by atoms with E-state index in [2.05, 4.69) is 18.8 Å². The van der Waals surface area contributed by atoms with Crippen molar-refractivity contribution in [2.24, 2.45) is 0 Å². The van der Waals surface area contributed by atoms with Gasteiger partial charge in [-0.1, -0.05) is 19.1 Å². The molecule has 0 aliphatic heterocycles. The van der Waals surface area contributed by atoms with Crippen LogP contribution in [0.2, 0.25) is 0 Å². The first-order valence-corrected chi connectivity index (χ1v) is 4.68. The number of hydrogen-bond donors (Lipinski definition) is 1. The molecule has 0 fully saturated rings. The van der Waals surface area contributed by atoms with Gasteiger partial charge in [-0.25, -0.2) is 0 Å². The predicted octanol–water partition coefficient (Wildman–Crippen LogP) is 1.97. The molecule has 0 aromatic rings. The predicted molar refractivity (Wildman–Crippen MR) is 53.4 cm³/mol. The summed E-state index contributed by atoms with van der Waals surface area (Å²) in [6, 6.07) is 0.324. The summed E-state index contributed by atoms with van der Waals surface area (Å²) in [7, 11) is 0. The van der Waals surface area contributed by atoms with Gasteiger partial charge in [-0.15, -0.1) is 0 Å². The topological polar surface area (TPSA) is 21.3 Å². The standard InChI is InChI=1S/C10H21NO/c1-5-7-11-10(9(3)4)8-12-6-2/h10-11H,3,5-8H2,1-2,4H3. The highest BCUT2D eigenvalue weighted by molar-refractivity contribution is 5.01. The second kappa shape index (κ2) is 7.32. The Balaban J connectivity index is 3.62. The van der Waals surface area contributed by atoms with E-state index in [9.17, 15) is 0 Å². The van der Waals surface area contributed by atoms with Crippen LogP contribution in [0.1, 0.15) is 27.2 Å². The van der Waals surface area contributed by atoms with Crippen LogP contribution in [0.4, 0.5) is 0 Å². The molecule has 72 valence electrons. The Kier molecular flexibility index (Phi) is 7.11. The second-order valence-electron chi connectivity index (χ2n) is 3.01. The van der Waals surface area contributed by atoms with E-state index in [0.717, 1.165) is 31.8 Å². The molecular formula is C10H21NO. The quantitative estimate of drug-likeness (QED) is 0.591. The van der Waals surface area contributed by atoms with Crippen LogP contribution in [0.25, 0.3) is 0 Å². The van der Waals surface area contributed by atoms with E-state index in [0.29, 0.717) is 6.04 Å². The largest absolute Gasteiger partial charge is 0.380 e. The average Bonchev–Trinajstić information content (AvgIpc) is 2.04.